The molecule has 1 amide bonds. The van der Waals surface area contributed by atoms with E-state index < -0.39 is 5.91 Å². The molecule has 2 aromatic carbocycles. The number of rotatable bonds is 5. The maximum atomic E-state index is 12.6. The van der Waals surface area contributed by atoms with E-state index in [0.717, 1.165) is 5.56 Å². The predicted molar refractivity (Wildman–Crippen MR) is 107 cm³/mol. The number of H-pyrrole nitrogens is 1. The average molecular weight is 378 g/mol. The van der Waals surface area contributed by atoms with Crippen LogP contribution in [-0.2, 0) is 0 Å². The van der Waals surface area contributed by atoms with Crippen LogP contribution in [0.1, 0.15) is 27.2 Å². The molecule has 1 heterocycles. The highest BCUT2D eigenvalue weighted by molar-refractivity contribution is 5.98. The lowest BCUT2D eigenvalue weighted by Gasteiger charge is -2.01. The van der Waals surface area contributed by atoms with Crippen LogP contribution in [-0.4, -0.2) is 33.7 Å². The van der Waals surface area contributed by atoms with Crippen molar-refractivity contribution in [3.05, 3.63) is 86.2 Å². The van der Waals surface area contributed by atoms with Crippen LogP contribution < -0.4 is 11.0 Å². The number of nitroso groups, excluding NO2 is 1. The summed E-state index contributed by atoms with van der Waals surface area (Å²) in [5.74, 6) is -0.540. The molecule has 8 heteroatoms. The number of aromatic nitrogens is 2. The summed E-state index contributed by atoms with van der Waals surface area (Å²) in [5, 5.41) is 6.88. The van der Waals surface area contributed by atoms with Crippen LogP contribution in [0.25, 0.3) is 5.69 Å². The Morgan fingerprint density at radius 2 is 1.82 bits per heavy atom. The van der Waals surface area contributed by atoms with Crippen molar-refractivity contribution in [1.82, 2.24) is 15.2 Å². The van der Waals surface area contributed by atoms with Crippen molar-refractivity contribution in [3.8, 4) is 5.69 Å². The molecule has 0 spiro atoms. The maximum Gasteiger partial charge on any atom is 0.280 e. The lowest BCUT2D eigenvalue weighted by molar-refractivity contribution is -0.428. The summed E-state index contributed by atoms with van der Waals surface area (Å²) < 4.78 is 2.02. The summed E-state index contributed by atoms with van der Waals surface area (Å²) in [7, 11) is 1.31. The summed E-state index contributed by atoms with van der Waals surface area (Å²) in [6.45, 7) is 3.72. The van der Waals surface area contributed by atoms with Crippen molar-refractivity contribution in [3.63, 3.8) is 0 Å². The highest BCUT2D eigenvalue weighted by Crippen LogP contribution is 2.16. The first-order chi connectivity index (χ1) is 13.4. The smallest absolute Gasteiger partial charge is 0.280 e. The largest absolute Gasteiger partial charge is 0.295 e. The minimum atomic E-state index is -0.540. The number of aryl methyl sites for hydroxylation is 2. The Balaban J connectivity index is 1.82. The molecule has 3 rings (SSSR count). The minimum absolute atomic E-state index is 0.194. The van der Waals surface area contributed by atoms with Crippen molar-refractivity contribution >= 4 is 17.8 Å². The van der Waals surface area contributed by atoms with Gasteiger partial charge >= 0.3 is 0 Å². The maximum absolute atomic E-state index is 12.6. The van der Waals surface area contributed by atoms with Gasteiger partial charge in [-0.25, -0.2) is 10.1 Å². The first kappa shape index (κ1) is 19.0. The number of nitrogens with zero attached hydrogens (tertiary/aromatic N) is 3. The normalized spacial score (nSPS) is 11.0. The molecule has 142 valence electrons. The van der Waals surface area contributed by atoms with Gasteiger partial charge < -0.3 is 0 Å². The molecular weight excluding hydrogens is 358 g/mol. The molecule has 0 fully saturated rings. The fourth-order valence-electron chi connectivity index (χ4n) is 2.74. The fourth-order valence-corrected chi connectivity index (χ4v) is 2.74. The molecule has 0 radical (unpaired) electrons. The van der Waals surface area contributed by atoms with Crippen molar-refractivity contribution in [2.75, 3.05) is 7.05 Å². The second-order valence-corrected chi connectivity index (χ2v) is 6.34. The van der Waals surface area contributed by atoms with Crippen LogP contribution in [0.2, 0.25) is 0 Å². The van der Waals surface area contributed by atoms with E-state index in [1.807, 2.05) is 31.2 Å². The monoisotopic (exact) mass is 378 g/mol. The van der Waals surface area contributed by atoms with Gasteiger partial charge in [0, 0.05) is 21.4 Å². The van der Waals surface area contributed by atoms with Crippen LogP contribution in [0.5, 0.6) is 0 Å². The SMILES string of the molecule is Cc1ccc(-n2[nH]c(C)c(C=NNC(=O)c3ccccc3[N+](C)=O)c2=O)cc1. The first-order valence-electron chi connectivity index (χ1n) is 8.60. The molecule has 2 N–H and O–H groups in total. The van der Waals surface area contributed by atoms with Gasteiger partial charge in [-0.15, -0.1) is 0 Å². The molecule has 0 saturated heterocycles. The number of hydrogen-bond acceptors (Lipinski definition) is 4. The molecule has 0 saturated carbocycles. The van der Waals surface area contributed by atoms with Gasteiger partial charge in [0.1, 0.15) is 5.56 Å². The van der Waals surface area contributed by atoms with E-state index >= 15 is 0 Å². The summed E-state index contributed by atoms with van der Waals surface area (Å²) in [4.78, 5) is 36.5. The lowest BCUT2D eigenvalue weighted by atomic mass is 10.1. The quantitative estimate of drug-likeness (QED) is 0.405. The van der Waals surface area contributed by atoms with Gasteiger partial charge in [0.2, 0.25) is 0 Å². The third kappa shape index (κ3) is 3.80. The topological polar surface area (TPSA) is 99.3 Å². The van der Waals surface area contributed by atoms with Crippen molar-refractivity contribution in [1.29, 1.82) is 0 Å². The molecule has 0 aliphatic carbocycles. The van der Waals surface area contributed by atoms with E-state index in [9.17, 15) is 14.5 Å². The Bertz CT molecular complexity index is 1120. The first-order valence-corrected chi connectivity index (χ1v) is 8.60. The number of nitrogens with one attached hydrogen (secondary N) is 2. The zero-order valence-electron chi connectivity index (χ0n) is 15.8. The number of amides is 1. The number of hydrazone groups is 1. The van der Waals surface area contributed by atoms with E-state index in [4.69, 9.17) is 0 Å². The van der Waals surface area contributed by atoms with Crippen molar-refractivity contribution in [2.45, 2.75) is 13.8 Å². The zero-order chi connectivity index (χ0) is 20.3. The van der Waals surface area contributed by atoms with Gasteiger partial charge in [-0.05, 0) is 32.0 Å². The van der Waals surface area contributed by atoms with Gasteiger partial charge in [-0.3, -0.25) is 14.7 Å². The van der Waals surface area contributed by atoms with E-state index in [0.29, 0.717) is 21.7 Å². The summed E-state index contributed by atoms with van der Waals surface area (Å²) in [6, 6.07) is 13.9. The predicted octanol–water partition coefficient (Wildman–Crippen LogP) is 2.59. The number of aromatic amines is 1. The van der Waals surface area contributed by atoms with Gasteiger partial charge in [0.15, 0.2) is 7.05 Å². The van der Waals surface area contributed by atoms with Crippen LogP contribution in [0.4, 0.5) is 5.69 Å². The molecule has 8 nitrogen and oxygen atoms in total. The van der Waals surface area contributed by atoms with E-state index in [2.05, 4.69) is 15.6 Å². The second-order valence-electron chi connectivity index (χ2n) is 6.34. The van der Waals surface area contributed by atoms with E-state index in [1.165, 1.54) is 24.0 Å². The minimum Gasteiger partial charge on any atom is -0.295 e. The lowest BCUT2D eigenvalue weighted by Crippen LogP contribution is -2.21. The average Bonchev–Trinajstić information content (AvgIpc) is 2.96. The van der Waals surface area contributed by atoms with Crippen LogP contribution in [0.3, 0.4) is 0 Å². The van der Waals surface area contributed by atoms with E-state index in [1.54, 1.807) is 25.1 Å². The number of carbonyl (C=O) groups is 1. The Kier molecular flexibility index (Phi) is 5.30. The van der Waals surface area contributed by atoms with Crippen molar-refractivity contribution < 1.29 is 9.55 Å². The summed E-state index contributed by atoms with van der Waals surface area (Å²) in [6.07, 6.45) is 1.29. The number of carbonyl (C=O) groups excluding carboxylic acids is 1. The van der Waals surface area contributed by atoms with Crippen LogP contribution >= 0.6 is 0 Å². The molecule has 0 atom stereocenters. The Morgan fingerprint density at radius 3 is 2.50 bits per heavy atom. The van der Waals surface area contributed by atoms with Crippen LogP contribution in [0.15, 0.2) is 58.4 Å². The Labute approximate surface area is 161 Å². The summed E-state index contributed by atoms with van der Waals surface area (Å²) >= 11 is 0. The number of hydrogen-bond donors (Lipinski definition) is 2. The zero-order valence-corrected chi connectivity index (χ0v) is 15.8. The highest BCUT2D eigenvalue weighted by Gasteiger charge is 2.19. The molecule has 1 aromatic heterocycles. The Hall–Kier alpha value is -3.81. The standard InChI is InChI=1S/C20H19N5O3/c1-13-8-10-15(11-9-13)25-20(27)17(14(2)23-25)12-21-22-19(26)16-6-4-5-7-18(16)24(3)28/h4-12H,1-3H3,(H-,21,22,23,26,27,28)/p+1. The van der Waals surface area contributed by atoms with Crippen molar-refractivity contribution in [2.24, 2.45) is 5.10 Å². The third-order valence-electron chi connectivity index (χ3n) is 4.26. The van der Waals surface area contributed by atoms with Gasteiger partial charge in [-0.2, -0.15) is 5.10 Å². The summed E-state index contributed by atoms with van der Waals surface area (Å²) in [5.41, 5.74) is 5.24. The molecule has 28 heavy (non-hydrogen) atoms. The van der Waals surface area contributed by atoms with Gasteiger partial charge in [0.05, 0.1) is 17.5 Å². The molecule has 0 bridgehead atoms. The fraction of sp³-hybridized carbons (Fsp3) is 0.150. The second kappa shape index (κ2) is 7.83. The number of benzene rings is 2. The molecule has 0 aliphatic rings. The van der Waals surface area contributed by atoms with Gasteiger partial charge in [-0.1, -0.05) is 29.8 Å². The molecule has 0 aliphatic heterocycles. The highest BCUT2D eigenvalue weighted by atomic mass is 16.3. The number of para-hydroxylation sites is 1. The van der Waals surface area contributed by atoms with Crippen LogP contribution in [0, 0.1) is 18.8 Å². The van der Waals surface area contributed by atoms with E-state index in [-0.39, 0.29) is 16.8 Å². The Morgan fingerprint density at radius 1 is 1.14 bits per heavy atom. The molecule has 3 aromatic rings. The third-order valence-corrected chi connectivity index (χ3v) is 4.26. The molecule has 0 unspecified atom stereocenters. The van der Waals surface area contributed by atoms with Gasteiger partial charge in [0.25, 0.3) is 17.2 Å². The molecular formula is C20H20N5O3+.